The molecule has 0 bridgehead atoms. The fraction of sp³-hybridized carbons (Fsp3) is 0.318. The number of nitrogens with one attached hydrogen (secondary N) is 1. The van der Waals surface area contributed by atoms with Gasteiger partial charge in [-0.25, -0.2) is 10.8 Å². The minimum absolute atomic E-state index is 0.191. The summed E-state index contributed by atoms with van der Waals surface area (Å²) in [4.78, 5) is 4.16. The molecule has 0 saturated carbocycles. The smallest absolute Gasteiger partial charge is 0.161 e. The molecule has 3 rings (SSSR count). The number of hydrogen-bond acceptors (Lipinski definition) is 7. The van der Waals surface area contributed by atoms with E-state index in [4.69, 9.17) is 15.3 Å². The van der Waals surface area contributed by atoms with E-state index in [2.05, 4.69) is 17.3 Å². The largest absolute Gasteiger partial charge is 0.493 e. The molecular weight excluding hydrogens is 370 g/mol. The molecule has 0 aliphatic carbocycles. The SMILES string of the molecule is CCCCOc1cc2cc(CO)c(CO)c(-c3ccnc(NN)c3)c2cc1OC. The number of nitrogens with zero attached hydrogens (tertiary/aromatic N) is 1. The number of benzene rings is 2. The lowest BCUT2D eigenvalue weighted by molar-refractivity contribution is 0.260. The molecule has 0 aliphatic heterocycles. The van der Waals surface area contributed by atoms with Gasteiger partial charge < -0.3 is 25.1 Å². The maximum atomic E-state index is 10.1. The van der Waals surface area contributed by atoms with Crippen LogP contribution in [0.4, 0.5) is 5.82 Å². The van der Waals surface area contributed by atoms with Crippen LogP contribution >= 0.6 is 0 Å². The predicted octanol–water partition coefficient (Wildman–Crippen LogP) is 3.36. The van der Waals surface area contributed by atoms with Crippen LogP contribution in [0.15, 0.2) is 36.5 Å². The zero-order valence-corrected chi connectivity index (χ0v) is 16.7. The first-order valence-corrected chi connectivity index (χ1v) is 9.60. The summed E-state index contributed by atoms with van der Waals surface area (Å²) in [6.07, 6.45) is 3.63. The van der Waals surface area contributed by atoms with E-state index in [9.17, 15) is 10.2 Å². The first-order valence-electron chi connectivity index (χ1n) is 9.60. The van der Waals surface area contributed by atoms with Crippen molar-refractivity contribution in [1.82, 2.24) is 4.98 Å². The highest BCUT2D eigenvalue weighted by Gasteiger charge is 2.18. The molecule has 2 aromatic carbocycles. The third kappa shape index (κ3) is 4.27. The molecule has 0 spiro atoms. The molecule has 0 radical (unpaired) electrons. The zero-order chi connectivity index (χ0) is 20.8. The number of methoxy groups -OCH3 is 1. The van der Waals surface area contributed by atoms with E-state index in [1.165, 1.54) is 0 Å². The molecule has 1 heterocycles. The van der Waals surface area contributed by atoms with Crippen molar-refractivity contribution < 1.29 is 19.7 Å². The standard InChI is InChI=1S/C22H27N3O4/c1-3-4-7-29-20-9-15-8-16(12-26)18(13-27)22(17(15)11-19(20)28-2)14-5-6-24-21(10-14)25-23/h5-6,8-11,26-27H,3-4,7,12-13,23H2,1-2H3,(H,24,25). The first kappa shape index (κ1) is 20.9. The number of fused-ring (bicyclic) bond motifs is 1. The topological polar surface area (TPSA) is 110 Å². The summed E-state index contributed by atoms with van der Waals surface area (Å²) in [5.41, 5.74) is 5.46. The molecule has 29 heavy (non-hydrogen) atoms. The van der Waals surface area contributed by atoms with Gasteiger partial charge in [0.15, 0.2) is 11.5 Å². The van der Waals surface area contributed by atoms with Crippen molar-refractivity contribution in [3.05, 3.63) is 47.7 Å². The second-order valence-corrected chi connectivity index (χ2v) is 6.71. The van der Waals surface area contributed by atoms with E-state index in [0.29, 0.717) is 35.1 Å². The average molecular weight is 397 g/mol. The molecule has 7 nitrogen and oxygen atoms in total. The lowest BCUT2D eigenvalue weighted by atomic mass is 9.90. The summed E-state index contributed by atoms with van der Waals surface area (Å²) in [6.45, 7) is 2.30. The Morgan fingerprint density at radius 1 is 1.10 bits per heavy atom. The van der Waals surface area contributed by atoms with E-state index in [1.54, 1.807) is 19.4 Å². The second-order valence-electron chi connectivity index (χ2n) is 6.71. The average Bonchev–Trinajstić information content (AvgIpc) is 2.77. The Morgan fingerprint density at radius 2 is 1.93 bits per heavy atom. The number of ether oxygens (including phenoxy) is 2. The summed E-state index contributed by atoms with van der Waals surface area (Å²) in [6, 6.07) is 9.33. The third-order valence-electron chi connectivity index (χ3n) is 4.90. The number of aromatic nitrogens is 1. The monoisotopic (exact) mass is 397 g/mol. The maximum absolute atomic E-state index is 10.1. The van der Waals surface area contributed by atoms with Crippen molar-refractivity contribution >= 4 is 16.6 Å². The maximum Gasteiger partial charge on any atom is 0.161 e. The van der Waals surface area contributed by atoms with Gasteiger partial charge in [-0.1, -0.05) is 13.3 Å². The molecule has 0 atom stereocenters. The van der Waals surface area contributed by atoms with Crippen LogP contribution in [0.3, 0.4) is 0 Å². The van der Waals surface area contributed by atoms with Gasteiger partial charge in [0.1, 0.15) is 5.82 Å². The number of pyridine rings is 1. The van der Waals surface area contributed by atoms with E-state index in [1.807, 2.05) is 24.3 Å². The van der Waals surface area contributed by atoms with E-state index >= 15 is 0 Å². The molecule has 0 fully saturated rings. The molecule has 1 aromatic heterocycles. The highest BCUT2D eigenvalue weighted by molar-refractivity contribution is 6.01. The van der Waals surface area contributed by atoms with Crippen LogP contribution in [0.2, 0.25) is 0 Å². The summed E-state index contributed by atoms with van der Waals surface area (Å²) < 4.78 is 11.5. The molecule has 154 valence electrons. The van der Waals surface area contributed by atoms with Crippen LogP contribution in [0.5, 0.6) is 11.5 Å². The van der Waals surface area contributed by atoms with Crippen molar-refractivity contribution in [1.29, 1.82) is 0 Å². The molecule has 3 aromatic rings. The third-order valence-corrected chi connectivity index (χ3v) is 4.90. The number of nitrogen functional groups attached to an aromatic ring is 1. The number of aliphatic hydroxyl groups is 2. The number of unbranched alkanes of at least 4 members (excludes halogenated alkanes) is 1. The Morgan fingerprint density at radius 3 is 2.59 bits per heavy atom. The number of rotatable bonds is 9. The van der Waals surface area contributed by atoms with Gasteiger partial charge in [-0.3, -0.25) is 0 Å². The van der Waals surface area contributed by atoms with Crippen molar-refractivity contribution in [3.63, 3.8) is 0 Å². The Kier molecular flexibility index (Phi) is 6.87. The van der Waals surface area contributed by atoms with E-state index < -0.39 is 0 Å². The fourth-order valence-electron chi connectivity index (χ4n) is 3.42. The molecule has 7 heteroatoms. The second kappa shape index (κ2) is 9.56. The Bertz CT molecular complexity index is 991. The zero-order valence-electron chi connectivity index (χ0n) is 16.7. The van der Waals surface area contributed by atoms with Crippen LogP contribution in [-0.2, 0) is 13.2 Å². The number of aliphatic hydroxyl groups excluding tert-OH is 2. The fourth-order valence-corrected chi connectivity index (χ4v) is 3.42. The quantitative estimate of drug-likeness (QED) is 0.249. The summed E-state index contributed by atoms with van der Waals surface area (Å²) in [5, 5.41) is 21.7. The molecular formula is C22H27N3O4. The first-order chi connectivity index (χ1) is 14.2. The Hall–Kier alpha value is -2.87. The van der Waals surface area contributed by atoms with Gasteiger partial charge in [0, 0.05) is 6.20 Å². The molecule has 0 saturated heterocycles. The predicted molar refractivity (Wildman–Crippen MR) is 114 cm³/mol. The number of anilines is 1. The highest BCUT2D eigenvalue weighted by atomic mass is 16.5. The summed E-state index contributed by atoms with van der Waals surface area (Å²) >= 11 is 0. The minimum atomic E-state index is -0.216. The van der Waals surface area contributed by atoms with Crippen molar-refractivity contribution in [3.8, 4) is 22.6 Å². The summed E-state index contributed by atoms with van der Waals surface area (Å²) in [7, 11) is 1.60. The summed E-state index contributed by atoms with van der Waals surface area (Å²) in [5.74, 6) is 7.29. The van der Waals surface area contributed by atoms with Crippen molar-refractivity contribution in [2.24, 2.45) is 5.84 Å². The lowest BCUT2D eigenvalue weighted by Crippen LogP contribution is -2.08. The Balaban J connectivity index is 2.28. The van der Waals surface area contributed by atoms with Gasteiger partial charge in [0.25, 0.3) is 0 Å². The molecule has 5 N–H and O–H groups in total. The number of hydrazine groups is 1. The number of nitrogens with two attached hydrogens (primary N) is 1. The van der Waals surface area contributed by atoms with Gasteiger partial charge in [0.2, 0.25) is 0 Å². The minimum Gasteiger partial charge on any atom is -0.493 e. The van der Waals surface area contributed by atoms with Crippen LogP contribution in [0, 0.1) is 0 Å². The molecule has 0 amide bonds. The van der Waals surface area contributed by atoms with Crippen molar-refractivity contribution in [2.45, 2.75) is 33.0 Å². The van der Waals surface area contributed by atoms with Crippen molar-refractivity contribution in [2.75, 3.05) is 19.1 Å². The van der Waals surface area contributed by atoms with Crippen LogP contribution < -0.4 is 20.7 Å². The van der Waals surface area contributed by atoms with Gasteiger partial charge in [0.05, 0.1) is 26.9 Å². The highest BCUT2D eigenvalue weighted by Crippen LogP contribution is 2.41. The molecule has 0 unspecified atom stereocenters. The normalized spacial score (nSPS) is 10.9. The van der Waals surface area contributed by atoms with Gasteiger partial charge in [-0.2, -0.15) is 0 Å². The molecule has 0 aliphatic rings. The lowest BCUT2D eigenvalue weighted by Gasteiger charge is -2.19. The van der Waals surface area contributed by atoms with Gasteiger partial charge in [-0.15, -0.1) is 0 Å². The van der Waals surface area contributed by atoms with Crippen LogP contribution in [0.1, 0.15) is 30.9 Å². The number of hydrogen-bond donors (Lipinski definition) is 4. The van der Waals surface area contributed by atoms with Crippen LogP contribution in [-0.4, -0.2) is 28.9 Å². The Labute approximate surface area is 170 Å². The van der Waals surface area contributed by atoms with E-state index in [0.717, 1.165) is 34.7 Å². The van der Waals surface area contributed by atoms with Gasteiger partial charge in [-0.05, 0) is 69.8 Å². The van der Waals surface area contributed by atoms with Gasteiger partial charge >= 0.3 is 0 Å². The van der Waals surface area contributed by atoms with Crippen LogP contribution in [0.25, 0.3) is 21.9 Å². The van der Waals surface area contributed by atoms with E-state index in [-0.39, 0.29) is 13.2 Å².